The third-order valence-corrected chi connectivity index (χ3v) is 4.61. The minimum Gasteiger partial charge on any atom is -0.497 e. The molecule has 7 nitrogen and oxygen atoms in total. The zero-order chi connectivity index (χ0) is 21.3. The molecule has 0 spiro atoms. The van der Waals surface area contributed by atoms with Gasteiger partial charge in [0.15, 0.2) is 0 Å². The van der Waals surface area contributed by atoms with Crippen LogP contribution in [0.15, 0.2) is 48.5 Å². The Morgan fingerprint density at radius 1 is 1.17 bits per heavy atom. The van der Waals surface area contributed by atoms with E-state index in [0.717, 1.165) is 11.6 Å². The molecule has 156 valence electrons. The molecule has 1 N–H and O–H groups in total. The van der Waals surface area contributed by atoms with Crippen LogP contribution in [0, 0.1) is 0 Å². The second-order valence-corrected chi connectivity index (χ2v) is 6.71. The molecule has 2 aromatic heterocycles. The van der Waals surface area contributed by atoms with Crippen LogP contribution in [0.3, 0.4) is 0 Å². The van der Waals surface area contributed by atoms with Crippen LogP contribution in [0.25, 0.3) is 11.3 Å². The molecule has 0 aliphatic carbocycles. The summed E-state index contributed by atoms with van der Waals surface area (Å²) < 4.78 is 48.9. The quantitative estimate of drug-likeness (QED) is 0.687. The van der Waals surface area contributed by atoms with Crippen LogP contribution in [0.4, 0.5) is 13.2 Å². The highest BCUT2D eigenvalue weighted by Gasteiger charge is 2.35. The summed E-state index contributed by atoms with van der Waals surface area (Å²) in [6.07, 6.45) is -4.96. The Labute approximate surface area is 169 Å². The number of carbonyl (C=O) groups is 1. The van der Waals surface area contributed by atoms with Gasteiger partial charge in [0.2, 0.25) is 5.88 Å². The van der Waals surface area contributed by atoms with Crippen LogP contribution in [0.5, 0.6) is 11.6 Å². The van der Waals surface area contributed by atoms with E-state index in [1.165, 1.54) is 17.0 Å². The normalized spacial score (nSPS) is 14.3. The largest absolute Gasteiger partial charge is 0.497 e. The number of amides is 1. The molecule has 0 atom stereocenters. The number of hydrogen-bond donors (Lipinski definition) is 1. The van der Waals surface area contributed by atoms with Gasteiger partial charge in [0, 0.05) is 11.6 Å². The number of halogens is 3. The van der Waals surface area contributed by atoms with Crippen LogP contribution in [0.2, 0.25) is 0 Å². The molecule has 1 aromatic carbocycles. The van der Waals surface area contributed by atoms with Gasteiger partial charge in [-0.3, -0.25) is 9.89 Å². The van der Waals surface area contributed by atoms with Crippen LogP contribution < -0.4 is 9.47 Å². The molecule has 1 aliphatic heterocycles. The Kier molecular flexibility index (Phi) is 5.06. The number of H-pyrrole nitrogens is 1. The first-order chi connectivity index (χ1) is 14.3. The molecule has 10 heteroatoms. The van der Waals surface area contributed by atoms with Gasteiger partial charge in [-0.25, -0.2) is 4.98 Å². The Bertz CT molecular complexity index is 1060. The summed E-state index contributed by atoms with van der Waals surface area (Å²) in [5.74, 6) is 0.284. The Morgan fingerprint density at radius 2 is 1.93 bits per heavy atom. The summed E-state index contributed by atoms with van der Waals surface area (Å²) in [6, 6.07) is 12.4. The van der Waals surface area contributed by atoms with Crippen molar-refractivity contribution in [3.63, 3.8) is 0 Å². The second-order valence-electron chi connectivity index (χ2n) is 6.71. The van der Waals surface area contributed by atoms with Gasteiger partial charge in [-0.15, -0.1) is 0 Å². The maximum Gasteiger partial charge on any atom is 0.433 e. The number of benzene rings is 1. The fraction of sp³-hybridized carbons (Fsp3) is 0.250. The Balaban J connectivity index is 1.36. The van der Waals surface area contributed by atoms with Gasteiger partial charge in [-0.1, -0.05) is 18.2 Å². The van der Waals surface area contributed by atoms with E-state index in [9.17, 15) is 18.0 Å². The average molecular weight is 418 g/mol. The molecule has 0 unspecified atom stereocenters. The molecular formula is C20H17F3N4O3. The van der Waals surface area contributed by atoms with Crippen molar-refractivity contribution in [3.05, 3.63) is 59.9 Å². The summed E-state index contributed by atoms with van der Waals surface area (Å²) in [6.45, 7) is 0.481. The van der Waals surface area contributed by atoms with E-state index < -0.39 is 18.0 Å². The van der Waals surface area contributed by atoms with E-state index in [-0.39, 0.29) is 24.9 Å². The lowest BCUT2D eigenvalue weighted by Gasteiger charge is -2.38. The lowest BCUT2D eigenvalue weighted by Crippen LogP contribution is -2.56. The van der Waals surface area contributed by atoms with Crippen molar-refractivity contribution in [3.8, 4) is 22.9 Å². The van der Waals surface area contributed by atoms with Crippen molar-refractivity contribution in [2.24, 2.45) is 0 Å². The third kappa shape index (κ3) is 4.07. The molecule has 3 heterocycles. The summed E-state index contributed by atoms with van der Waals surface area (Å²) in [4.78, 5) is 17.6. The van der Waals surface area contributed by atoms with Gasteiger partial charge in [0.05, 0.1) is 25.9 Å². The molecule has 0 bridgehead atoms. The maximum absolute atomic E-state index is 12.7. The molecule has 1 aliphatic rings. The smallest absolute Gasteiger partial charge is 0.433 e. The van der Waals surface area contributed by atoms with E-state index in [1.807, 2.05) is 18.2 Å². The summed E-state index contributed by atoms with van der Waals surface area (Å²) in [7, 11) is 1.57. The van der Waals surface area contributed by atoms with Gasteiger partial charge in [-0.2, -0.15) is 18.3 Å². The molecule has 0 radical (unpaired) electrons. The average Bonchev–Trinajstić information content (AvgIpc) is 3.20. The SMILES string of the molecule is COc1cccc(-c2cc(C(=O)N3CC(Oc4cccc(C(F)(F)F)n4)C3)[nH]n2)c1. The lowest BCUT2D eigenvalue weighted by atomic mass is 10.1. The molecular weight excluding hydrogens is 401 g/mol. The molecule has 3 aromatic rings. The fourth-order valence-electron chi connectivity index (χ4n) is 3.02. The lowest BCUT2D eigenvalue weighted by molar-refractivity contribution is -0.141. The van der Waals surface area contributed by atoms with Crippen molar-refractivity contribution in [1.29, 1.82) is 0 Å². The van der Waals surface area contributed by atoms with Crippen molar-refractivity contribution in [2.45, 2.75) is 12.3 Å². The van der Waals surface area contributed by atoms with Gasteiger partial charge >= 0.3 is 6.18 Å². The minimum atomic E-state index is -4.54. The number of alkyl halides is 3. The highest BCUT2D eigenvalue weighted by molar-refractivity contribution is 5.94. The van der Waals surface area contributed by atoms with Crippen molar-refractivity contribution < 1.29 is 27.4 Å². The number of methoxy groups -OCH3 is 1. The molecule has 4 rings (SSSR count). The van der Waals surface area contributed by atoms with Crippen LogP contribution in [-0.4, -0.2) is 52.3 Å². The summed E-state index contributed by atoms with van der Waals surface area (Å²) >= 11 is 0. The van der Waals surface area contributed by atoms with E-state index >= 15 is 0 Å². The van der Waals surface area contributed by atoms with Crippen molar-refractivity contribution in [1.82, 2.24) is 20.1 Å². The number of pyridine rings is 1. The maximum atomic E-state index is 12.7. The molecule has 30 heavy (non-hydrogen) atoms. The first-order valence-electron chi connectivity index (χ1n) is 9.03. The molecule has 1 amide bonds. The Morgan fingerprint density at radius 3 is 2.67 bits per heavy atom. The van der Waals surface area contributed by atoms with Crippen molar-refractivity contribution in [2.75, 3.05) is 20.2 Å². The van der Waals surface area contributed by atoms with Gasteiger partial charge in [0.1, 0.15) is 23.2 Å². The van der Waals surface area contributed by atoms with Crippen LogP contribution in [0.1, 0.15) is 16.2 Å². The zero-order valence-electron chi connectivity index (χ0n) is 15.8. The zero-order valence-corrected chi connectivity index (χ0v) is 15.8. The number of aromatic amines is 1. The summed E-state index contributed by atoms with van der Waals surface area (Å²) in [5.41, 5.74) is 0.682. The predicted molar refractivity (Wildman–Crippen MR) is 100 cm³/mol. The summed E-state index contributed by atoms with van der Waals surface area (Å²) in [5, 5.41) is 6.89. The van der Waals surface area contributed by atoms with Gasteiger partial charge < -0.3 is 14.4 Å². The number of nitrogens with one attached hydrogen (secondary N) is 1. The van der Waals surface area contributed by atoms with E-state index in [0.29, 0.717) is 17.1 Å². The number of likely N-dealkylation sites (tertiary alicyclic amines) is 1. The molecule has 0 saturated carbocycles. The first kappa shape index (κ1) is 19.7. The topological polar surface area (TPSA) is 80.3 Å². The number of aromatic nitrogens is 3. The molecule has 1 saturated heterocycles. The van der Waals surface area contributed by atoms with Crippen LogP contribution in [-0.2, 0) is 6.18 Å². The van der Waals surface area contributed by atoms with E-state index in [1.54, 1.807) is 19.2 Å². The Hall–Kier alpha value is -3.56. The number of hydrogen-bond acceptors (Lipinski definition) is 5. The number of rotatable bonds is 5. The third-order valence-electron chi connectivity index (χ3n) is 4.61. The first-order valence-corrected chi connectivity index (χ1v) is 9.03. The highest BCUT2D eigenvalue weighted by Crippen LogP contribution is 2.29. The second kappa shape index (κ2) is 7.69. The number of nitrogens with zero attached hydrogens (tertiary/aromatic N) is 3. The van der Waals surface area contributed by atoms with E-state index in [4.69, 9.17) is 9.47 Å². The van der Waals surface area contributed by atoms with Gasteiger partial charge in [0.25, 0.3) is 5.91 Å². The standard InChI is InChI=1S/C20H17F3N4O3/c1-29-13-5-2-4-12(8-13)15-9-16(26-25-15)19(28)27-10-14(11-27)30-18-7-3-6-17(24-18)20(21,22)23/h2-9,14H,10-11H2,1H3,(H,25,26). The minimum absolute atomic E-state index is 0.122. The highest BCUT2D eigenvalue weighted by atomic mass is 19.4. The fourth-order valence-corrected chi connectivity index (χ4v) is 3.02. The van der Waals surface area contributed by atoms with Crippen molar-refractivity contribution >= 4 is 5.91 Å². The monoisotopic (exact) mass is 418 g/mol. The number of ether oxygens (including phenoxy) is 2. The predicted octanol–water partition coefficient (Wildman–Crippen LogP) is 3.40. The number of carbonyl (C=O) groups excluding carboxylic acids is 1. The van der Waals surface area contributed by atoms with Gasteiger partial charge in [-0.05, 0) is 24.3 Å². The van der Waals surface area contributed by atoms with Crippen LogP contribution >= 0.6 is 0 Å². The van der Waals surface area contributed by atoms with E-state index in [2.05, 4.69) is 15.2 Å². The molecule has 1 fully saturated rings.